The van der Waals surface area contributed by atoms with Gasteiger partial charge in [-0.15, -0.1) is 11.3 Å². The van der Waals surface area contributed by atoms with E-state index in [2.05, 4.69) is 4.98 Å². The topological polar surface area (TPSA) is 37.8 Å². The summed E-state index contributed by atoms with van der Waals surface area (Å²) in [6, 6.07) is 1.88. The minimum atomic E-state index is 0.0656. The summed E-state index contributed by atoms with van der Waals surface area (Å²) in [7, 11) is 0. The zero-order chi connectivity index (χ0) is 13.2. The Morgan fingerprint density at radius 3 is 2.95 bits per heavy atom. The highest BCUT2D eigenvalue weighted by atomic mass is 32.1. The smallest absolute Gasteiger partial charge is 0.263 e. The van der Waals surface area contributed by atoms with Crippen molar-refractivity contribution < 1.29 is 0 Å². The summed E-state index contributed by atoms with van der Waals surface area (Å²) in [4.78, 5) is 16.4. The molecule has 0 radical (unpaired) electrons. The van der Waals surface area contributed by atoms with Crippen LogP contribution in [-0.4, -0.2) is 9.55 Å². The summed E-state index contributed by atoms with van der Waals surface area (Å²) in [5, 5.41) is 2.70. The number of hydrogen-bond donors (Lipinski definition) is 1. The van der Waals surface area contributed by atoms with E-state index in [4.69, 9.17) is 12.2 Å². The Labute approximate surface area is 121 Å². The summed E-state index contributed by atoms with van der Waals surface area (Å²) < 4.78 is 2.30. The number of hydrogen-bond acceptors (Lipinski definition) is 3. The molecule has 0 aliphatic heterocycles. The van der Waals surface area contributed by atoms with Crippen molar-refractivity contribution in [1.82, 2.24) is 9.55 Å². The maximum absolute atomic E-state index is 12.4. The maximum atomic E-state index is 12.4. The van der Waals surface area contributed by atoms with Gasteiger partial charge < -0.3 is 4.98 Å². The fraction of sp³-hybridized carbons (Fsp3) is 0.571. The molecule has 1 saturated carbocycles. The van der Waals surface area contributed by atoms with Gasteiger partial charge >= 0.3 is 0 Å². The summed E-state index contributed by atoms with van der Waals surface area (Å²) in [6.07, 6.45) is 7.76. The Bertz CT molecular complexity index is 677. The summed E-state index contributed by atoms with van der Waals surface area (Å²) in [5.41, 5.74) is 0.0656. The lowest BCUT2D eigenvalue weighted by molar-refractivity contribution is 0.322. The molecule has 2 heterocycles. The lowest BCUT2D eigenvalue weighted by Crippen LogP contribution is -2.23. The average molecular weight is 294 g/mol. The first-order valence-electron chi connectivity index (χ1n) is 6.96. The minimum Gasteiger partial charge on any atom is -0.323 e. The van der Waals surface area contributed by atoms with Gasteiger partial charge in [0.2, 0.25) is 0 Å². The predicted molar refractivity (Wildman–Crippen MR) is 82.5 cm³/mol. The van der Waals surface area contributed by atoms with Crippen molar-refractivity contribution in [2.75, 3.05) is 0 Å². The molecule has 0 bridgehead atoms. The van der Waals surface area contributed by atoms with Gasteiger partial charge in [0.05, 0.1) is 5.39 Å². The number of nitrogens with zero attached hydrogens (tertiary/aromatic N) is 1. The Kier molecular flexibility index (Phi) is 3.84. The second-order valence-electron chi connectivity index (χ2n) is 5.34. The number of rotatable bonds is 3. The van der Waals surface area contributed by atoms with Crippen LogP contribution < -0.4 is 5.56 Å². The van der Waals surface area contributed by atoms with Gasteiger partial charge in [0, 0.05) is 6.54 Å². The number of aromatic amines is 1. The van der Waals surface area contributed by atoms with E-state index in [-0.39, 0.29) is 5.56 Å². The molecule has 0 aromatic carbocycles. The van der Waals surface area contributed by atoms with Crippen LogP contribution >= 0.6 is 23.6 Å². The zero-order valence-corrected chi connectivity index (χ0v) is 12.5. The molecular formula is C14H18N2OS2. The van der Waals surface area contributed by atoms with Gasteiger partial charge in [0.1, 0.15) is 4.83 Å². The van der Waals surface area contributed by atoms with Crippen LogP contribution in [0.5, 0.6) is 0 Å². The molecule has 0 unspecified atom stereocenters. The van der Waals surface area contributed by atoms with Crippen molar-refractivity contribution in [1.29, 1.82) is 0 Å². The van der Waals surface area contributed by atoms with Gasteiger partial charge in [0.25, 0.3) is 5.56 Å². The molecule has 5 heteroatoms. The summed E-state index contributed by atoms with van der Waals surface area (Å²) >= 11 is 6.85. The van der Waals surface area contributed by atoms with Gasteiger partial charge in [-0.3, -0.25) is 9.36 Å². The first kappa shape index (κ1) is 13.1. The monoisotopic (exact) mass is 294 g/mol. The zero-order valence-electron chi connectivity index (χ0n) is 10.9. The Hall–Kier alpha value is -0.940. The average Bonchev–Trinajstić information content (AvgIpc) is 2.88. The number of fused-ring (bicyclic) bond motifs is 1. The Balaban J connectivity index is 1.83. The molecule has 1 N–H and O–H groups in total. The fourth-order valence-electron chi connectivity index (χ4n) is 2.97. The summed E-state index contributed by atoms with van der Waals surface area (Å²) in [6.45, 7) is 0.755. The largest absolute Gasteiger partial charge is 0.323 e. The first-order valence-corrected chi connectivity index (χ1v) is 8.25. The molecule has 1 aliphatic carbocycles. The van der Waals surface area contributed by atoms with E-state index in [9.17, 15) is 4.79 Å². The third kappa shape index (κ3) is 2.67. The quantitative estimate of drug-likeness (QED) is 0.866. The second-order valence-corrected chi connectivity index (χ2v) is 6.65. The third-order valence-corrected chi connectivity index (χ3v) is 5.24. The van der Waals surface area contributed by atoms with Gasteiger partial charge in [-0.25, -0.2) is 0 Å². The Morgan fingerprint density at radius 2 is 2.16 bits per heavy atom. The Morgan fingerprint density at radius 1 is 1.37 bits per heavy atom. The van der Waals surface area contributed by atoms with E-state index in [0.717, 1.165) is 29.1 Å². The van der Waals surface area contributed by atoms with E-state index in [1.807, 2.05) is 11.4 Å². The highest BCUT2D eigenvalue weighted by Crippen LogP contribution is 2.26. The van der Waals surface area contributed by atoms with Crippen LogP contribution in [0, 0.1) is 10.7 Å². The fourth-order valence-corrected chi connectivity index (χ4v) is 4.09. The van der Waals surface area contributed by atoms with E-state index in [0.29, 0.717) is 4.77 Å². The number of thiophene rings is 1. The molecular weight excluding hydrogens is 276 g/mol. The van der Waals surface area contributed by atoms with E-state index >= 15 is 0 Å². The predicted octanol–water partition coefficient (Wildman–Crippen LogP) is 4.09. The third-order valence-electron chi connectivity index (χ3n) is 4.09. The van der Waals surface area contributed by atoms with Crippen LogP contribution in [0.25, 0.3) is 10.2 Å². The first-order chi connectivity index (χ1) is 9.25. The van der Waals surface area contributed by atoms with E-state index in [1.54, 1.807) is 4.57 Å². The molecule has 1 fully saturated rings. The minimum absolute atomic E-state index is 0.0656. The molecule has 102 valence electrons. The van der Waals surface area contributed by atoms with Crippen LogP contribution in [0.2, 0.25) is 0 Å². The molecule has 19 heavy (non-hydrogen) atoms. The van der Waals surface area contributed by atoms with Crippen molar-refractivity contribution in [3.63, 3.8) is 0 Å². The molecule has 0 saturated heterocycles. The SMILES string of the molecule is O=c1c2ccsc2[nH]c(=S)n1CCC1CCCCC1. The molecule has 0 amide bonds. The standard InChI is InChI=1S/C14H18N2OS2/c17-13-11-7-9-19-12(11)15-14(18)16(13)8-6-10-4-2-1-3-5-10/h7,9-10H,1-6,8H2,(H,15,18). The van der Waals surface area contributed by atoms with E-state index < -0.39 is 0 Å². The van der Waals surface area contributed by atoms with Crippen molar-refractivity contribution in [2.24, 2.45) is 5.92 Å². The summed E-state index contributed by atoms with van der Waals surface area (Å²) in [5.74, 6) is 0.772. The van der Waals surface area contributed by atoms with Crippen LogP contribution in [0.3, 0.4) is 0 Å². The molecule has 3 rings (SSSR count). The van der Waals surface area contributed by atoms with Crippen molar-refractivity contribution >= 4 is 33.8 Å². The molecule has 0 atom stereocenters. The molecule has 1 aliphatic rings. The molecule has 0 spiro atoms. The molecule has 2 aromatic rings. The lowest BCUT2D eigenvalue weighted by Gasteiger charge is -2.21. The van der Waals surface area contributed by atoms with Crippen LogP contribution in [0.1, 0.15) is 38.5 Å². The normalized spacial score (nSPS) is 17.1. The number of aromatic nitrogens is 2. The van der Waals surface area contributed by atoms with Crippen LogP contribution in [0.4, 0.5) is 0 Å². The lowest BCUT2D eigenvalue weighted by atomic mass is 9.87. The van der Waals surface area contributed by atoms with Gasteiger partial charge in [-0.2, -0.15) is 0 Å². The van der Waals surface area contributed by atoms with Crippen LogP contribution in [0.15, 0.2) is 16.2 Å². The van der Waals surface area contributed by atoms with Gasteiger partial charge in [-0.05, 0) is 36.0 Å². The van der Waals surface area contributed by atoms with E-state index in [1.165, 1.54) is 43.4 Å². The second kappa shape index (κ2) is 5.59. The van der Waals surface area contributed by atoms with Crippen molar-refractivity contribution in [2.45, 2.75) is 45.1 Å². The molecule has 2 aromatic heterocycles. The van der Waals surface area contributed by atoms with Gasteiger partial charge in [0.15, 0.2) is 4.77 Å². The highest BCUT2D eigenvalue weighted by molar-refractivity contribution is 7.71. The van der Waals surface area contributed by atoms with Crippen LogP contribution in [-0.2, 0) is 6.54 Å². The number of H-pyrrole nitrogens is 1. The molecule has 3 nitrogen and oxygen atoms in total. The van der Waals surface area contributed by atoms with Gasteiger partial charge in [-0.1, -0.05) is 32.1 Å². The van der Waals surface area contributed by atoms with Crippen molar-refractivity contribution in [3.05, 3.63) is 26.6 Å². The van der Waals surface area contributed by atoms with Crippen molar-refractivity contribution in [3.8, 4) is 0 Å². The highest BCUT2D eigenvalue weighted by Gasteiger charge is 2.14. The number of nitrogens with one attached hydrogen (secondary N) is 1. The maximum Gasteiger partial charge on any atom is 0.263 e.